The zero-order valence-electron chi connectivity index (χ0n) is 11.0. The molecular formula is C12H24BrNO2. The van der Waals surface area contributed by atoms with Crippen LogP contribution in [0.2, 0.25) is 0 Å². The van der Waals surface area contributed by atoms with E-state index in [-0.39, 0.29) is 6.04 Å². The molecule has 96 valence electrons. The molecule has 0 amide bonds. The summed E-state index contributed by atoms with van der Waals surface area (Å²) < 4.78 is 10.8. The van der Waals surface area contributed by atoms with E-state index in [2.05, 4.69) is 34.8 Å². The molecule has 0 aliphatic carbocycles. The first-order chi connectivity index (χ1) is 7.50. The molecular weight excluding hydrogens is 270 g/mol. The Bertz CT molecular complexity index is 213. The fourth-order valence-electron chi connectivity index (χ4n) is 1.43. The highest BCUT2D eigenvalue weighted by Crippen LogP contribution is 2.18. The van der Waals surface area contributed by atoms with Crippen LogP contribution in [0.1, 0.15) is 40.0 Å². The number of aliphatic imine (C=N–C) groups is 1. The van der Waals surface area contributed by atoms with Gasteiger partial charge in [0.25, 0.3) is 0 Å². The number of methoxy groups -OCH3 is 2. The van der Waals surface area contributed by atoms with E-state index < -0.39 is 5.79 Å². The Morgan fingerprint density at radius 2 is 1.81 bits per heavy atom. The second-order valence-corrected chi connectivity index (χ2v) is 4.96. The van der Waals surface area contributed by atoms with E-state index in [9.17, 15) is 0 Å². The van der Waals surface area contributed by atoms with E-state index in [0.29, 0.717) is 0 Å². The Kier molecular flexibility index (Phi) is 8.24. The number of unbranched alkanes of at least 4 members (excludes halogenated alkanes) is 1. The number of ether oxygens (including phenoxy) is 2. The van der Waals surface area contributed by atoms with Gasteiger partial charge in [0.1, 0.15) is 0 Å². The van der Waals surface area contributed by atoms with Crippen LogP contribution >= 0.6 is 15.9 Å². The molecule has 0 aromatic heterocycles. The highest BCUT2D eigenvalue weighted by Gasteiger charge is 2.29. The van der Waals surface area contributed by atoms with Crippen molar-refractivity contribution in [2.75, 3.05) is 19.5 Å². The van der Waals surface area contributed by atoms with E-state index in [4.69, 9.17) is 9.47 Å². The molecule has 16 heavy (non-hydrogen) atoms. The Labute approximate surface area is 108 Å². The van der Waals surface area contributed by atoms with Crippen LogP contribution in [0.15, 0.2) is 4.99 Å². The standard InChI is InChI=1S/C12H24BrNO2/c1-10(2)14-11(8-6-7-9-13)12(3,15-4)16-5/h10H,6-9H2,1-5H3. The first kappa shape index (κ1) is 16.1. The van der Waals surface area contributed by atoms with Crippen molar-refractivity contribution in [3.63, 3.8) is 0 Å². The van der Waals surface area contributed by atoms with Crippen molar-refractivity contribution >= 4 is 21.6 Å². The second-order valence-electron chi connectivity index (χ2n) is 4.17. The van der Waals surface area contributed by atoms with Crippen LogP contribution in [0.3, 0.4) is 0 Å². The van der Waals surface area contributed by atoms with Gasteiger partial charge in [-0.15, -0.1) is 0 Å². The number of alkyl halides is 1. The summed E-state index contributed by atoms with van der Waals surface area (Å²) in [6.07, 6.45) is 3.15. The predicted octanol–water partition coefficient (Wildman–Crippen LogP) is 3.41. The second kappa shape index (κ2) is 8.20. The molecule has 0 unspecified atom stereocenters. The maximum atomic E-state index is 5.42. The maximum absolute atomic E-state index is 5.42. The Morgan fingerprint density at radius 1 is 1.25 bits per heavy atom. The van der Waals surface area contributed by atoms with Crippen molar-refractivity contribution < 1.29 is 9.47 Å². The SMILES string of the molecule is COC(C)(OC)C(CCCCBr)=NC(C)C. The molecule has 0 rings (SSSR count). The number of nitrogens with zero attached hydrogens (tertiary/aromatic N) is 1. The fourth-order valence-corrected chi connectivity index (χ4v) is 1.82. The van der Waals surface area contributed by atoms with Gasteiger partial charge in [0.2, 0.25) is 5.79 Å². The first-order valence-corrected chi connectivity index (χ1v) is 6.85. The lowest BCUT2D eigenvalue weighted by molar-refractivity contribution is -0.140. The van der Waals surface area contributed by atoms with Gasteiger partial charge >= 0.3 is 0 Å². The van der Waals surface area contributed by atoms with Crippen molar-refractivity contribution in [1.29, 1.82) is 0 Å². The summed E-state index contributed by atoms with van der Waals surface area (Å²) in [6, 6.07) is 0.267. The number of hydrogen-bond acceptors (Lipinski definition) is 3. The molecule has 0 aliphatic heterocycles. The summed E-state index contributed by atoms with van der Waals surface area (Å²) in [5.41, 5.74) is 0.994. The van der Waals surface area contributed by atoms with Gasteiger partial charge in [-0.25, -0.2) is 0 Å². The number of hydrogen-bond donors (Lipinski definition) is 0. The van der Waals surface area contributed by atoms with Crippen LogP contribution < -0.4 is 0 Å². The summed E-state index contributed by atoms with van der Waals surface area (Å²) in [7, 11) is 3.31. The average molecular weight is 294 g/mol. The van der Waals surface area contributed by atoms with Crippen molar-refractivity contribution in [1.82, 2.24) is 0 Å². The van der Waals surface area contributed by atoms with E-state index in [1.807, 2.05) is 6.92 Å². The van der Waals surface area contributed by atoms with Gasteiger partial charge in [0.05, 0.1) is 5.71 Å². The summed E-state index contributed by atoms with van der Waals surface area (Å²) in [5, 5.41) is 1.03. The largest absolute Gasteiger partial charge is 0.349 e. The smallest absolute Gasteiger partial charge is 0.204 e. The van der Waals surface area contributed by atoms with Gasteiger partial charge in [0.15, 0.2) is 0 Å². The Hall–Kier alpha value is 0.0700. The molecule has 0 spiro atoms. The molecule has 0 saturated heterocycles. The topological polar surface area (TPSA) is 30.8 Å². The quantitative estimate of drug-likeness (QED) is 0.297. The average Bonchev–Trinajstić information content (AvgIpc) is 2.26. The third-order valence-electron chi connectivity index (χ3n) is 2.51. The molecule has 0 aromatic rings. The lowest BCUT2D eigenvalue weighted by Gasteiger charge is -2.29. The van der Waals surface area contributed by atoms with Crippen LogP contribution in [0, 0.1) is 0 Å². The lowest BCUT2D eigenvalue weighted by Crippen LogP contribution is -2.40. The Morgan fingerprint density at radius 3 is 2.19 bits per heavy atom. The van der Waals surface area contributed by atoms with Crippen LogP contribution in [-0.4, -0.2) is 37.1 Å². The minimum absolute atomic E-state index is 0.267. The summed E-state index contributed by atoms with van der Waals surface area (Å²) >= 11 is 3.43. The van der Waals surface area contributed by atoms with E-state index >= 15 is 0 Å². The van der Waals surface area contributed by atoms with E-state index in [1.165, 1.54) is 0 Å². The minimum Gasteiger partial charge on any atom is -0.349 e. The summed E-state index contributed by atoms with van der Waals surface area (Å²) in [4.78, 5) is 4.61. The molecule has 3 nitrogen and oxygen atoms in total. The highest BCUT2D eigenvalue weighted by atomic mass is 79.9. The van der Waals surface area contributed by atoms with Gasteiger partial charge in [-0.05, 0) is 40.0 Å². The van der Waals surface area contributed by atoms with Gasteiger partial charge in [-0.3, -0.25) is 4.99 Å². The van der Waals surface area contributed by atoms with Crippen molar-refractivity contribution in [3.8, 4) is 0 Å². The monoisotopic (exact) mass is 293 g/mol. The van der Waals surface area contributed by atoms with Gasteiger partial charge in [-0.2, -0.15) is 0 Å². The zero-order valence-corrected chi connectivity index (χ0v) is 12.6. The van der Waals surface area contributed by atoms with Gasteiger partial charge in [0, 0.05) is 25.6 Å². The highest BCUT2D eigenvalue weighted by molar-refractivity contribution is 9.09. The van der Waals surface area contributed by atoms with Crippen molar-refractivity contribution in [2.45, 2.75) is 51.9 Å². The molecule has 0 radical (unpaired) electrons. The fraction of sp³-hybridized carbons (Fsp3) is 0.917. The molecule has 0 heterocycles. The molecule has 0 aromatic carbocycles. The lowest BCUT2D eigenvalue weighted by atomic mass is 10.1. The number of halogens is 1. The first-order valence-electron chi connectivity index (χ1n) is 5.73. The molecule has 0 N–H and O–H groups in total. The zero-order chi connectivity index (χ0) is 12.6. The third kappa shape index (κ3) is 5.41. The van der Waals surface area contributed by atoms with Crippen LogP contribution in [0.5, 0.6) is 0 Å². The van der Waals surface area contributed by atoms with Crippen molar-refractivity contribution in [3.05, 3.63) is 0 Å². The minimum atomic E-state index is -0.684. The van der Waals surface area contributed by atoms with Crippen LogP contribution in [-0.2, 0) is 9.47 Å². The Balaban J connectivity index is 4.65. The molecule has 0 bridgehead atoms. The van der Waals surface area contributed by atoms with Gasteiger partial charge in [-0.1, -0.05) is 15.9 Å². The molecule has 0 fully saturated rings. The maximum Gasteiger partial charge on any atom is 0.204 e. The third-order valence-corrected chi connectivity index (χ3v) is 3.08. The molecule has 0 aliphatic rings. The van der Waals surface area contributed by atoms with E-state index in [1.54, 1.807) is 14.2 Å². The normalized spacial score (nSPS) is 13.6. The van der Waals surface area contributed by atoms with Crippen LogP contribution in [0.25, 0.3) is 0 Å². The summed E-state index contributed by atoms with van der Waals surface area (Å²) in [5.74, 6) is -0.684. The molecule has 4 heteroatoms. The summed E-state index contributed by atoms with van der Waals surface area (Å²) in [6.45, 7) is 6.05. The van der Waals surface area contributed by atoms with Gasteiger partial charge < -0.3 is 9.47 Å². The number of rotatable bonds is 8. The predicted molar refractivity (Wildman–Crippen MR) is 72.6 cm³/mol. The van der Waals surface area contributed by atoms with E-state index in [0.717, 1.165) is 30.3 Å². The molecule has 0 saturated carbocycles. The molecule has 0 atom stereocenters. The van der Waals surface area contributed by atoms with Crippen LogP contribution in [0.4, 0.5) is 0 Å². The van der Waals surface area contributed by atoms with Crippen molar-refractivity contribution in [2.24, 2.45) is 4.99 Å².